The normalized spacial score (nSPS) is 19.5. The third kappa shape index (κ3) is 4.44. The SMILES string of the molecule is Cc1ccc(C)c(CN2C(=O)c3ccccc3S(=O)(=O)c3ccc(C(=O)N4CCC5(CC4)OCCO5)cc32)c1. The van der Waals surface area contributed by atoms with E-state index in [1.54, 1.807) is 35.2 Å². The van der Waals surface area contributed by atoms with Crippen molar-refractivity contribution in [3.63, 3.8) is 0 Å². The molecule has 2 fully saturated rings. The van der Waals surface area contributed by atoms with E-state index < -0.39 is 21.5 Å². The molecule has 2 saturated heterocycles. The van der Waals surface area contributed by atoms with E-state index in [9.17, 15) is 18.0 Å². The Bertz CT molecular complexity index is 1580. The number of carbonyl (C=O) groups is 2. The molecule has 202 valence electrons. The molecule has 3 aromatic rings. The average molecular weight is 547 g/mol. The van der Waals surface area contributed by atoms with Gasteiger partial charge >= 0.3 is 0 Å². The van der Waals surface area contributed by atoms with Gasteiger partial charge in [0.25, 0.3) is 11.8 Å². The van der Waals surface area contributed by atoms with Crippen molar-refractivity contribution in [1.29, 1.82) is 0 Å². The van der Waals surface area contributed by atoms with Gasteiger partial charge in [-0.15, -0.1) is 0 Å². The number of nitrogens with zero attached hydrogens (tertiary/aromatic N) is 2. The third-order valence-corrected chi connectivity index (χ3v) is 9.76. The van der Waals surface area contributed by atoms with Crippen LogP contribution in [0.2, 0.25) is 0 Å². The van der Waals surface area contributed by atoms with Crippen molar-refractivity contribution in [3.8, 4) is 0 Å². The van der Waals surface area contributed by atoms with Crippen LogP contribution < -0.4 is 4.90 Å². The smallest absolute Gasteiger partial charge is 0.259 e. The van der Waals surface area contributed by atoms with Crippen LogP contribution in [0.25, 0.3) is 0 Å². The van der Waals surface area contributed by atoms with Gasteiger partial charge in [0.1, 0.15) is 0 Å². The fourth-order valence-electron chi connectivity index (χ4n) is 5.66. The number of hydrogen-bond donors (Lipinski definition) is 0. The topological polar surface area (TPSA) is 93.2 Å². The van der Waals surface area contributed by atoms with Crippen molar-refractivity contribution < 1.29 is 27.5 Å². The largest absolute Gasteiger partial charge is 0.347 e. The molecular weight excluding hydrogens is 516 g/mol. The molecule has 0 aromatic heterocycles. The zero-order valence-electron chi connectivity index (χ0n) is 22.0. The Hall–Kier alpha value is -3.53. The van der Waals surface area contributed by atoms with Crippen LogP contribution in [-0.4, -0.2) is 57.2 Å². The number of ether oxygens (including phenoxy) is 2. The molecule has 0 bridgehead atoms. The molecular formula is C30H30N2O6S. The number of aryl methyl sites for hydroxylation is 2. The lowest BCUT2D eigenvalue weighted by atomic mass is 10.0. The maximum atomic E-state index is 14.0. The number of sulfone groups is 1. The van der Waals surface area contributed by atoms with E-state index in [2.05, 4.69) is 0 Å². The molecule has 0 radical (unpaired) electrons. The summed E-state index contributed by atoms with van der Waals surface area (Å²) in [6, 6.07) is 16.8. The predicted molar refractivity (Wildman–Crippen MR) is 145 cm³/mol. The van der Waals surface area contributed by atoms with Gasteiger partial charge in [0.2, 0.25) is 9.84 Å². The number of rotatable bonds is 3. The van der Waals surface area contributed by atoms with E-state index in [0.29, 0.717) is 44.7 Å². The number of benzene rings is 3. The Labute approximate surface area is 228 Å². The van der Waals surface area contributed by atoms with Crippen molar-refractivity contribution in [2.45, 2.75) is 48.8 Å². The molecule has 0 atom stereocenters. The van der Waals surface area contributed by atoms with Gasteiger partial charge < -0.3 is 19.3 Å². The first-order valence-electron chi connectivity index (χ1n) is 13.1. The van der Waals surface area contributed by atoms with E-state index in [1.165, 1.54) is 17.0 Å². The van der Waals surface area contributed by atoms with Gasteiger partial charge in [-0.1, -0.05) is 35.9 Å². The molecule has 0 aliphatic carbocycles. The van der Waals surface area contributed by atoms with Crippen molar-refractivity contribution in [3.05, 3.63) is 88.5 Å². The second-order valence-electron chi connectivity index (χ2n) is 10.4. The molecule has 3 heterocycles. The summed E-state index contributed by atoms with van der Waals surface area (Å²) in [5.74, 6) is -1.25. The molecule has 3 aliphatic rings. The summed E-state index contributed by atoms with van der Waals surface area (Å²) in [6.45, 7) is 6.14. The van der Waals surface area contributed by atoms with E-state index >= 15 is 0 Å². The van der Waals surface area contributed by atoms with E-state index in [0.717, 1.165) is 16.7 Å². The summed E-state index contributed by atoms with van der Waals surface area (Å²) in [4.78, 5) is 30.7. The summed E-state index contributed by atoms with van der Waals surface area (Å²) in [5, 5.41) is 0. The van der Waals surface area contributed by atoms with Gasteiger partial charge in [0.15, 0.2) is 5.79 Å². The van der Waals surface area contributed by atoms with Crippen LogP contribution in [0, 0.1) is 13.8 Å². The predicted octanol–water partition coefficient (Wildman–Crippen LogP) is 4.28. The van der Waals surface area contributed by atoms with Crippen molar-refractivity contribution >= 4 is 27.3 Å². The Balaban J connectivity index is 1.42. The van der Waals surface area contributed by atoms with E-state index in [1.807, 2.05) is 32.0 Å². The standard InChI is InChI=1S/C30H30N2O6S/c1-20-7-8-21(2)23(17-20)19-32-25-18-22(28(33)31-13-11-30(12-14-31)37-15-16-38-30)9-10-27(25)39(35,36)26-6-4-3-5-24(26)29(32)34/h3-10,17-18H,11-16,19H2,1-2H3. The number of hydrogen-bond acceptors (Lipinski definition) is 6. The summed E-state index contributed by atoms with van der Waals surface area (Å²) in [7, 11) is -4.02. The van der Waals surface area contributed by atoms with Crippen LogP contribution >= 0.6 is 0 Å². The maximum Gasteiger partial charge on any atom is 0.259 e. The lowest BCUT2D eigenvalue weighted by Gasteiger charge is -2.37. The first-order valence-corrected chi connectivity index (χ1v) is 14.6. The summed E-state index contributed by atoms with van der Waals surface area (Å²) in [5.41, 5.74) is 3.58. The van der Waals surface area contributed by atoms with Crippen LogP contribution in [0.1, 0.15) is 50.2 Å². The minimum Gasteiger partial charge on any atom is -0.347 e. The second-order valence-corrected chi connectivity index (χ2v) is 12.3. The van der Waals surface area contributed by atoms with Crippen molar-refractivity contribution in [1.82, 2.24) is 4.90 Å². The zero-order chi connectivity index (χ0) is 27.4. The highest BCUT2D eigenvalue weighted by atomic mass is 32.2. The van der Waals surface area contributed by atoms with Crippen molar-refractivity contribution in [2.24, 2.45) is 0 Å². The number of piperidine rings is 1. The van der Waals surface area contributed by atoms with Gasteiger partial charge in [0.05, 0.1) is 40.8 Å². The van der Waals surface area contributed by atoms with Crippen LogP contribution in [-0.2, 0) is 25.9 Å². The third-order valence-electron chi connectivity index (χ3n) is 7.90. The number of fused-ring (bicyclic) bond motifs is 2. The number of amides is 2. The summed E-state index contributed by atoms with van der Waals surface area (Å²) in [6.07, 6.45) is 1.15. The van der Waals surface area contributed by atoms with E-state index in [4.69, 9.17) is 9.47 Å². The minimum absolute atomic E-state index is 0.00742. The summed E-state index contributed by atoms with van der Waals surface area (Å²) < 4.78 is 39.2. The average Bonchev–Trinajstić information content (AvgIpc) is 3.38. The highest BCUT2D eigenvalue weighted by molar-refractivity contribution is 7.91. The van der Waals surface area contributed by atoms with Crippen molar-refractivity contribution in [2.75, 3.05) is 31.2 Å². The molecule has 9 heteroatoms. The molecule has 0 unspecified atom stereocenters. The Morgan fingerprint density at radius 1 is 0.923 bits per heavy atom. The quantitative estimate of drug-likeness (QED) is 0.487. The molecule has 2 amide bonds. The van der Waals surface area contributed by atoms with Gasteiger partial charge in [-0.25, -0.2) is 8.42 Å². The maximum absolute atomic E-state index is 14.0. The highest BCUT2D eigenvalue weighted by Crippen LogP contribution is 2.39. The number of anilines is 1. The van der Waals surface area contributed by atoms with Gasteiger partial charge in [-0.2, -0.15) is 0 Å². The highest BCUT2D eigenvalue weighted by Gasteiger charge is 2.41. The Morgan fingerprint density at radius 2 is 1.64 bits per heavy atom. The van der Waals surface area contributed by atoms with Gasteiger partial charge in [0, 0.05) is 31.5 Å². The lowest BCUT2D eigenvalue weighted by molar-refractivity contribution is -0.181. The molecule has 3 aliphatic heterocycles. The number of carbonyl (C=O) groups excluding carboxylic acids is 2. The van der Waals surface area contributed by atoms with E-state index in [-0.39, 0.29) is 33.5 Å². The second kappa shape index (κ2) is 9.59. The molecule has 39 heavy (non-hydrogen) atoms. The Morgan fingerprint density at radius 3 is 2.38 bits per heavy atom. The zero-order valence-corrected chi connectivity index (χ0v) is 22.8. The van der Waals surface area contributed by atoms with Crippen LogP contribution in [0.15, 0.2) is 70.5 Å². The fourth-order valence-corrected chi connectivity index (χ4v) is 7.29. The number of likely N-dealkylation sites (tertiary alicyclic amines) is 1. The van der Waals surface area contributed by atoms with Crippen LogP contribution in [0.3, 0.4) is 0 Å². The molecule has 3 aromatic carbocycles. The summed E-state index contributed by atoms with van der Waals surface area (Å²) >= 11 is 0. The first-order chi connectivity index (χ1) is 18.7. The lowest BCUT2D eigenvalue weighted by Crippen LogP contribution is -2.47. The molecule has 8 nitrogen and oxygen atoms in total. The molecule has 6 rings (SSSR count). The fraction of sp³-hybridized carbons (Fsp3) is 0.333. The monoisotopic (exact) mass is 546 g/mol. The Kier molecular flexibility index (Phi) is 6.32. The van der Waals surface area contributed by atoms with Gasteiger partial charge in [-0.05, 0) is 55.3 Å². The first kappa shape index (κ1) is 25.7. The minimum atomic E-state index is -4.02. The van der Waals surface area contributed by atoms with Gasteiger partial charge in [-0.3, -0.25) is 9.59 Å². The van der Waals surface area contributed by atoms with Crippen LogP contribution in [0.5, 0.6) is 0 Å². The van der Waals surface area contributed by atoms with Crippen LogP contribution in [0.4, 0.5) is 5.69 Å². The molecule has 1 spiro atoms. The molecule has 0 N–H and O–H groups in total. The molecule has 0 saturated carbocycles.